The van der Waals surface area contributed by atoms with Gasteiger partial charge in [0.1, 0.15) is 0 Å². The van der Waals surface area contributed by atoms with Crippen LogP contribution in [0.25, 0.3) is 11.3 Å². The lowest BCUT2D eigenvalue weighted by atomic mass is 9.99. The molecule has 0 spiro atoms. The highest BCUT2D eigenvalue weighted by Crippen LogP contribution is 2.27. The maximum atomic E-state index is 12.8. The summed E-state index contributed by atoms with van der Waals surface area (Å²) < 4.78 is 0. The molecular weight excluding hydrogens is 438 g/mol. The lowest BCUT2D eigenvalue weighted by Crippen LogP contribution is -2.33. The van der Waals surface area contributed by atoms with Gasteiger partial charge in [-0.15, -0.1) is 10.2 Å². The normalized spacial score (nSPS) is 18.7. The fraction of sp³-hybridized carbons (Fsp3) is 0.357. The molecule has 35 heavy (non-hydrogen) atoms. The number of carbonyl (C=O) groups is 2. The Kier molecular flexibility index (Phi) is 6.49. The lowest BCUT2D eigenvalue weighted by molar-refractivity contribution is -0.122. The first-order chi connectivity index (χ1) is 17.0. The largest absolute Gasteiger partial charge is 0.355 e. The van der Waals surface area contributed by atoms with Crippen LogP contribution in [0, 0.1) is 18.8 Å². The van der Waals surface area contributed by atoms with Crippen LogP contribution in [0.2, 0.25) is 0 Å². The molecule has 0 aliphatic carbocycles. The maximum absolute atomic E-state index is 12.8. The zero-order valence-corrected chi connectivity index (χ0v) is 20.3. The van der Waals surface area contributed by atoms with Gasteiger partial charge < -0.3 is 15.1 Å². The van der Waals surface area contributed by atoms with Crippen LogP contribution in [-0.4, -0.2) is 41.6 Å². The van der Waals surface area contributed by atoms with Gasteiger partial charge in [0.05, 0.1) is 11.6 Å². The molecule has 0 radical (unpaired) electrons. The SMILES string of the molecule is Cc1ccc(N2CC(C(=O)Nc3ccc(-c4ccc(N5CCC(C)CC5)nn4)cc3)CC2=O)cc1. The van der Waals surface area contributed by atoms with Gasteiger partial charge >= 0.3 is 0 Å². The van der Waals surface area contributed by atoms with E-state index in [4.69, 9.17) is 0 Å². The number of nitrogens with zero attached hydrogens (tertiary/aromatic N) is 4. The van der Waals surface area contributed by atoms with Gasteiger partial charge in [0.15, 0.2) is 5.82 Å². The van der Waals surface area contributed by atoms with E-state index in [0.717, 1.165) is 47.3 Å². The minimum absolute atomic E-state index is 0.0227. The van der Waals surface area contributed by atoms with Crippen LogP contribution >= 0.6 is 0 Å². The molecule has 2 fully saturated rings. The van der Waals surface area contributed by atoms with Gasteiger partial charge in [0, 0.05) is 43.0 Å². The Balaban J connectivity index is 1.19. The molecule has 2 amide bonds. The fourth-order valence-corrected chi connectivity index (χ4v) is 4.71. The smallest absolute Gasteiger partial charge is 0.229 e. The zero-order chi connectivity index (χ0) is 24.4. The molecule has 2 aliphatic rings. The van der Waals surface area contributed by atoms with E-state index in [2.05, 4.69) is 27.3 Å². The Morgan fingerprint density at radius 1 is 0.943 bits per heavy atom. The third-order valence-electron chi connectivity index (χ3n) is 7.05. The van der Waals surface area contributed by atoms with Crippen LogP contribution in [0.15, 0.2) is 60.7 Å². The van der Waals surface area contributed by atoms with Crippen molar-refractivity contribution in [1.82, 2.24) is 10.2 Å². The van der Waals surface area contributed by atoms with E-state index in [-0.39, 0.29) is 24.2 Å². The molecule has 2 aromatic carbocycles. The molecule has 0 saturated carbocycles. The van der Waals surface area contributed by atoms with Crippen molar-refractivity contribution in [2.75, 3.05) is 34.8 Å². The summed E-state index contributed by atoms with van der Waals surface area (Å²) in [6.45, 7) is 6.75. The number of rotatable bonds is 5. The number of hydrogen-bond acceptors (Lipinski definition) is 5. The minimum atomic E-state index is -0.375. The number of hydrogen-bond donors (Lipinski definition) is 1. The monoisotopic (exact) mass is 469 g/mol. The molecule has 1 aromatic heterocycles. The second-order valence-electron chi connectivity index (χ2n) is 9.75. The number of aromatic nitrogens is 2. The lowest BCUT2D eigenvalue weighted by Gasteiger charge is -2.30. The number of benzene rings is 2. The van der Waals surface area contributed by atoms with Gasteiger partial charge in [-0.05, 0) is 62.1 Å². The molecule has 3 aromatic rings. The highest BCUT2D eigenvalue weighted by Gasteiger charge is 2.35. The Morgan fingerprint density at radius 2 is 1.66 bits per heavy atom. The van der Waals surface area contributed by atoms with Gasteiger partial charge in [0.2, 0.25) is 11.8 Å². The third kappa shape index (κ3) is 5.19. The number of aryl methyl sites for hydroxylation is 1. The Hall–Kier alpha value is -3.74. The fourth-order valence-electron chi connectivity index (χ4n) is 4.71. The van der Waals surface area contributed by atoms with Gasteiger partial charge in [0.25, 0.3) is 0 Å². The highest BCUT2D eigenvalue weighted by atomic mass is 16.2. The molecule has 2 aliphatic heterocycles. The summed E-state index contributed by atoms with van der Waals surface area (Å²) in [6, 6.07) is 19.4. The summed E-state index contributed by atoms with van der Waals surface area (Å²) >= 11 is 0. The molecule has 7 nitrogen and oxygen atoms in total. The first-order valence-electron chi connectivity index (χ1n) is 12.3. The first-order valence-corrected chi connectivity index (χ1v) is 12.3. The molecule has 2 saturated heterocycles. The van der Waals surface area contributed by atoms with Crippen molar-refractivity contribution in [3.63, 3.8) is 0 Å². The zero-order valence-electron chi connectivity index (χ0n) is 20.3. The van der Waals surface area contributed by atoms with E-state index in [1.807, 2.05) is 67.6 Å². The Morgan fingerprint density at radius 3 is 2.31 bits per heavy atom. The Labute approximate surface area is 206 Å². The van der Waals surface area contributed by atoms with Crippen LogP contribution in [0.3, 0.4) is 0 Å². The quantitative estimate of drug-likeness (QED) is 0.587. The van der Waals surface area contributed by atoms with Crippen LogP contribution < -0.4 is 15.1 Å². The molecule has 1 unspecified atom stereocenters. The van der Waals surface area contributed by atoms with Gasteiger partial charge in [-0.1, -0.05) is 36.8 Å². The number of carbonyl (C=O) groups excluding carboxylic acids is 2. The Bertz CT molecular complexity index is 1180. The van der Waals surface area contributed by atoms with Crippen molar-refractivity contribution >= 4 is 29.0 Å². The predicted octanol–water partition coefficient (Wildman–Crippen LogP) is 4.68. The highest BCUT2D eigenvalue weighted by molar-refractivity contribution is 6.03. The summed E-state index contributed by atoms with van der Waals surface area (Å²) in [5, 5.41) is 11.8. The topological polar surface area (TPSA) is 78.4 Å². The van der Waals surface area contributed by atoms with Crippen molar-refractivity contribution < 1.29 is 9.59 Å². The standard InChI is InChI=1S/C28H31N5O2/c1-19-3-9-24(10-4-19)33-18-22(17-27(33)34)28(35)29-23-7-5-21(6-8-23)25-11-12-26(31-30-25)32-15-13-20(2)14-16-32/h3-12,20,22H,13-18H2,1-2H3,(H,29,35). The summed E-state index contributed by atoms with van der Waals surface area (Å²) in [4.78, 5) is 29.3. The predicted molar refractivity (Wildman–Crippen MR) is 138 cm³/mol. The van der Waals surface area contributed by atoms with Gasteiger partial charge in [-0.3, -0.25) is 9.59 Å². The number of anilines is 3. The molecule has 1 N–H and O–H groups in total. The molecule has 180 valence electrons. The maximum Gasteiger partial charge on any atom is 0.229 e. The van der Waals surface area contributed by atoms with E-state index < -0.39 is 0 Å². The average Bonchev–Trinajstić information content (AvgIpc) is 3.27. The van der Waals surface area contributed by atoms with E-state index in [9.17, 15) is 9.59 Å². The van der Waals surface area contributed by atoms with E-state index in [1.165, 1.54) is 12.8 Å². The molecule has 0 bridgehead atoms. The third-order valence-corrected chi connectivity index (χ3v) is 7.05. The van der Waals surface area contributed by atoms with Crippen molar-refractivity contribution in [1.29, 1.82) is 0 Å². The average molecular weight is 470 g/mol. The van der Waals surface area contributed by atoms with E-state index >= 15 is 0 Å². The van der Waals surface area contributed by atoms with Crippen molar-refractivity contribution in [3.8, 4) is 11.3 Å². The first kappa shape index (κ1) is 23.0. The molecule has 1 atom stereocenters. The minimum Gasteiger partial charge on any atom is -0.355 e. The molecular formula is C28H31N5O2. The molecule has 3 heterocycles. The summed E-state index contributed by atoms with van der Waals surface area (Å²) in [5.74, 6) is 1.17. The van der Waals surface area contributed by atoms with Crippen molar-refractivity contribution in [3.05, 3.63) is 66.2 Å². The van der Waals surface area contributed by atoms with Gasteiger partial charge in [-0.2, -0.15) is 0 Å². The summed E-state index contributed by atoms with van der Waals surface area (Å²) in [6.07, 6.45) is 2.60. The van der Waals surface area contributed by atoms with Crippen LogP contribution in [0.5, 0.6) is 0 Å². The van der Waals surface area contributed by atoms with E-state index in [1.54, 1.807) is 4.90 Å². The van der Waals surface area contributed by atoms with Crippen LogP contribution in [0.4, 0.5) is 17.2 Å². The van der Waals surface area contributed by atoms with Crippen LogP contribution in [-0.2, 0) is 9.59 Å². The van der Waals surface area contributed by atoms with Crippen molar-refractivity contribution in [2.24, 2.45) is 11.8 Å². The van der Waals surface area contributed by atoms with Crippen molar-refractivity contribution in [2.45, 2.75) is 33.1 Å². The molecule has 7 heteroatoms. The number of piperidine rings is 1. The second kappa shape index (κ2) is 9.86. The second-order valence-corrected chi connectivity index (χ2v) is 9.75. The summed E-state index contributed by atoms with van der Waals surface area (Å²) in [7, 11) is 0. The summed E-state index contributed by atoms with van der Waals surface area (Å²) in [5.41, 5.74) is 4.41. The molecule has 5 rings (SSSR count). The number of nitrogens with one attached hydrogen (secondary N) is 1. The van der Waals surface area contributed by atoms with Crippen LogP contribution in [0.1, 0.15) is 31.7 Å². The number of amides is 2. The van der Waals surface area contributed by atoms with E-state index in [0.29, 0.717) is 12.2 Å². The van der Waals surface area contributed by atoms with Gasteiger partial charge in [-0.25, -0.2) is 0 Å².